The number of rotatable bonds is 7. The molecule has 0 radical (unpaired) electrons. The van der Waals surface area contributed by atoms with E-state index >= 15 is 0 Å². The van der Waals surface area contributed by atoms with E-state index in [-0.39, 0.29) is 0 Å². The number of hydrazone groups is 1. The number of anilines is 4. The van der Waals surface area contributed by atoms with Gasteiger partial charge < -0.3 is 19.7 Å². The molecule has 0 amide bonds. The highest BCUT2D eigenvalue weighted by Gasteiger charge is 2.17. The number of ether oxygens (including phenoxy) is 2. The lowest BCUT2D eigenvalue weighted by Gasteiger charge is -2.27. The molecule has 0 unspecified atom stereocenters. The molecule has 2 N–H and O–H groups in total. The van der Waals surface area contributed by atoms with Gasteiger partial charge in [-0.25, -0.2) is 5.43 Å². The van der Waals surface area contributed by atoms with Gasteiger partial charge >= 0.3 is 0 Å². The smallest absolute Gasteiger partial charge is 0.250 e. The molecule has 1 aliphatic rings. The number of hydrogen-bond donors (Lipinski definition) is 2. The van der Waals surface area contributed by atoms with Crippen molar-refractivity contribution in [1.29, 1.82) is 0 Å². The van der Waals surface area contributed by atoms with E-state index in [0.717, 1.165) is 34.2 Å². The summed E-state index contributed by atoms with van der Waals surface area (Å²) in [5, 5.41) is 7.65. The molecule has 4 rings (SSSR count). The Morgan fingerprint density at radius 2 is 1.88 bits per heavy atom. The normalized spacial score (nSPS) is 13.9. The van der Waals surface area contributed by atoms with Crippen molar-refractivity contribution in [1.82, 2.24) is 15.0 Å². The van der Waals surface area contributed by atoms with Crippen molar-refractivity contribution in [3.8, 4) is 5.75 Å². The van der Waals surface area contributed by atoms with Gasteiger partial charge in [0.25, 0.3) is 0 Å². The molecular weight excluding hydrogens is 728 g/mol. The molecule has 178 valence electrons. The van der Waals surface area contributed by atoms with E-state index in [2.05, 4.69) is 96.8 Å². The van der Waals surface area contributed by atoms with Gasteiger partial charge in [0.15, 0.2) is 0 Å². The third-order valence-electron chi connectivity index (χ3n) is 4.90. The SMILES string of the molecule is COc1c(I)cc(I)cc1C=NNc1nc(Nc2ccc(C)cc2Br)nc(N2CCOCC2)n1. The molecule has 3 aromatic rings. The third-order valence-corrected chi connectivity index (χ3v) is 6.98. The second kappa shape index (κ2) is 11.8. The van der Waals surface area contributed by atoms with Crippen LogP contribution in [-0.2, 0) is 4.74 Å². The largest absolute Gasteiger partial charge is 0.495 e. The molecule has 1 aromatic heterocycles. The molecule has 1 aliphatic heterocycles. The first-order valence-electron chi connectivity index (χ1n) is 10.4. The van der Waals surface area contributed by atoms with Crippen molar-refractivity contribution < 1.29 is 9.47 Å². The van der Waals surface area contributed by atoms with E-state index in [1.165, 1.54) is 0 Å². The zero-order valence-electron chi connectivity index (χ0n) is 18.5. The van der Waals surface area contributed by atoms with Crippen molar-refractivity contribution in [2.45, 2.75) is 6.92 Å². The van der Waals surface area contributed by atoms with Gasteiger partial charge in [-0.3, -0.25) is 0 Å². The zero-order valence-corrected chi connectivity index (χ0v) is 24.4. The number of nitrogens with one attached hydrogen (secondary N) is 2. The summed E-state index contributed by atoms with van der Waals surface area (Å²) in [7, 11) is 1.65. The molecule has 0 atom stereocenters. The van der Waals surface area contributed by atoms with E-state index in [0.29, 0.717) is 44.1 Å². The molecule has 34 heavy (non-hydrogen) atoms. The van der Waals surface area contributed by atoms with Crippen LogP contribution in [0.25, 0.3) is 0 Å². The summed E-state index contributed by atoms with van der Waals surface area (Å²) in [4.78, 5) is 15.8. The average molecular weight is 750 g/mol. The standard InChI is InChI=1S/C22H22BrI2N7O2/c1-13-3-4-18(16(23)9-13)27-20-28-21(30-22(29-20)32-5-7-34-8-6-32)31-26-12-14-10-15(24)11-17(25)19(14)33-2/h3-4,9-12H,5-8H2,1-2H3,(H2,27,28,29,30,31). The maximum absolute atomic E-state index is 5.53. The van der Waals surface area contributed by atoms with Crippen LogP contribution in [0.2, 0.25) is 0 Å². The number of methoxy groups -OCH3 is 1. The predicted octanol–water partition coefficient (Wildman–Crippen LogP) is 5.19. The van der Waals surface area contributed by atoms with Crippen LogP contribution in [0.3, 0.4) is 0 Å². The summed E-state index contributed by atoms with van der Waals surface area (Å²) in [6, 6.07) is 10.1. The number of hydrogen-bond acceptors (Lipinski definition) is 9. The monoisotopic (exact) mass is 749 g/mol. The van der Waals surface area contributed by atoms with Crippen molar-refractivity contribution in [3.05, 3.63) is 53.1 Å². The Bertz CT molecular complexity index is 1210. The number of morpholine rings is 1. The average Bonchev–Trinajstić information content (AvgIpc) is 2.81. The minimum absolute atomic E-state index is 0.331. The van der Waals surface area contributed by atoms with Crippen LogP contribution in [0.4, 0.5) is 23.5 Å². The summed E-state index contributed by atoms with van der Waals surface area (Å²) < 4.78 is 14.0. The number of aryl methyl sites for hydroxylation is 1. The fourth-order valence-corrected chi connectivity index (χ4v) is 5.97. The second-order valence-corrected chi connectivity index (χ2v) is 10.6. The number of benzene rings is 2. The van der Waals surface area contributed by atoms with Crippen molar-refractivity contribution >= 4 is 90.9 Å². The molecular formula is C22H22BrI2N7O2. The molecule has 2 aromatic carbocycles. The van der Waals surface area contributed by atoms with E-state index < -0.39 is 0 Å². The van der Waals surface area contributed by atoms with Crippen LogP contribution in [0.15, 0.2) is 39.9 Å². The molecule has 9 nitrogen and oxygen atoms in total. The second-order valence-electron chi connectivity index (χ2n) is 7.37. The first-order valence-corrected chi connectivity index (χ1v) is 13.3. The Morgan fingerprint density at radius 3 is 2.62 bits per heavy atom. The molecule has 0 bridgehead atoms. The van der Waals surface area contributed by atoms with Gasteiger partial charge in [0, 0.05) is 26.7 Å². The maximum Gasteiger partial charge on any atom is 0.250 e. The van der Waals surface area contributed by atoms with E-state index in [1.807, 2.05) is 37.3 Å². The van der Waals surface area contributed by atoms with Crippen molar-refractivity contribution in [2.24, 2.45) is 5.10 Å². The fourth-order valence-electron chi connectivity index (χ4n) is 3.27. The van der Waals surface area contributed by atoms with E-state index in [1.54, 1.807) is 13.3 Å². The molecule has 0 spiro atoms. The Morgan fingerprint density at radius 1 is 1.12 bits per heavy atom. The number of nitrogens with zero attached hydrogens (tertiary/aromatic N) is 5. The fraction of sp³-hybridized carbons (Fsp3) is 0.273. The molecule has 1 saturated heterocycles. The minimum Gasteiger partial charge on any atom is -0.495 e. The first-order chi connectivity index (χ1) is 16.4. The van der Waals surface area contributed by atoms with Crippen molar-refractivity contribution in [2.75, 3.05) is 49.1 Å². The summed E-state index contributed by atoms with van der Waals surface area (Å²) in [6.07, 6.45) is 1.70. The number of aromatic nitrogens is 3. The lowest BCUT2D eigenvalue weighted by Crippen LogP contribution is -2.37. The lowest BCUT2D eigenvalue weighted by molar-refractivity contribution is 0.122. The molecule has 2 heterocycles. The summed E-state index contributed by atoms with van der Waals surface area (Å²) in [5.41, 5.74) is 5.82. The maximum atomic E-state index is 5.53. The summed E-state index contributed by atoms with van der Waals surface area (Å²) in [5.74, 6) is 2.07. The predicted molar refractivity (Wildman–Crippen MR) is 155 cm³/mol. The molecule has 0 aliphatic carbocycles. The van der Waals surface area contributed by atoms with Gasteiger partial charge in [0.2, 0.25) is 17.8 Å². The van der Waals surface area contributed by atoms with Crippen LogP contribution in [0.5, 0.6) is 5.75 Å². The number of halogens is 3. The first kappa shape index (κ1) is 25.3. The van der Waals surface area contributed by atoms with Crippen molar-refractivity contribution in [3.63, 3.8) is 0 Å². The van der Waals surface area contributed by atoms with Crippen LogP contribution >= 0.6 is 61.1 Å². The van der Waals surface area contributed by atoms with Crippen LogP contribution in [-0.4, -0.2) is 54.6 Å². The van der Waals surface area contributed by atoms with Gasteiger partial charge in [-0.1, -0.05) is 6.07 Å². The van der Waals surface area contributed by atoms with Crippen LogP contribution < -0.4 is 20.4 Å². The zero-order chi connectivity index (χ0) is 24.1. The minimum atomic E-state index is 0.331. The lowest BCUT2D eigenvalue weighted by atomic mass is 10.2. The topological polar surface area (TPSA) is 96.8 Å². The highest BCUT2D eigenvalue weighted by atomic mass is 127. The van der Waals surface area contributed by atoms with Gasteiger partial charge in [-0.05, 0) is 97.9 Å². The Hall–Kier alpha value is -1.78. The van der Waals surface area contributed by atoms with E-state index in [4.69, 9.17) is 9.47 Å². The third kappa shape index (κ3) is 6.46. The van der Waals surface area contributed by atoms with Gasteiger partial charge in [0.1, 0.15) is 5.75 Å². The quantitative estimate of drug-likeness (QED) is 0.194. The Balaban J connectivity index is 1.62. The Kier molecular flexibility index (Phi) is 8.76. The Labute approximate surface area is 233 Å². The highest BCUT2D eigenvalue weighted by Crippen LogP contribution is 2.28. The van der Waals surface area contributed by atoms with E-state index in [9.17, 15) is 0 Å². The molecule has 0 saturated carbocycles. The van der Waals surface area contributed by atoms with Gasteiger partial charge in [-0.2, -0.15) is 20.1 Å². The van der Waals surface area contributed by atoms with Gasteiger partial charge in [0.05, 0.1) is 35.8 Å². The summed E-state index contributed by atoms with van der Waals surface area (Å²) in [6.45, 7) is 4.71. The molecule has 12 heteroatoms. The van der Waals surface area contributed by atoms with Crippen LogP contribution in [0.1, 0.15) is 11.1 Å². The highest BCUT2D eigenvalue weighted by molar-refractivity contribution is 14.1. The van der Waals surface area contributed by atoms with Crippen LogP contribution in [0, 0.1) is 14.1 Å². The molecule has 1 fully saturated rings. The van der Waals surface area contributed by atoms with Gasteiger partial charge in [-0.15, -0.1) is 0 Å². The summed E-state index contributed by atoms with van der Waals surface area (Å²) >= 11 is 8.12.